The molecule has 1 rings (SSSR count). The maximum atomic E-state index is 11.6. The largest absolute Gasteiger partial charge is 0.397 e. The van der Waals surface area contributed by atoms with Crippen molar-refractivity contribution in [1.29, 1.82) is 0 Å². The Morgan fingerprint density at radius 3 is 2.63 bits per heavy atom. The molecule has 1 aromatic carbocycles. The molecule has 1 aromatic rings. The van der Waals surface area contributed by atoms with Crippen molar-refractivity contribution in [3.05, 3.63) is 18.2 Å². The highest BCUT2D eigenvalue weighted by atomic mass is 32.2. The molecule has 108 valence electrons. The maximum Gasteiger partial charge on any atom is 0.240 e. The summed E-state index contributed by atoms with van der Waals surface area (Å²) in [5.41, 5.74) is 7.16. The fourth-order valence-electron chi connectivity index (χ4n) is 1.73. The average molecular weight is 287 g/mol. The van der Waals surface area contributed by atoms with Crippen LogP contribution in [-0.2, 0) is 14.8 Å². The summed E-state index contributed by atoms with van der Waals surface area (Å²) in [4.78, 5) is 2.14. The number of nitrogen functional groups attached to an aromatic ring is 1. The Balaban J connectivity index is 2.88. The molecule has 3 N–H and O–H groups in total. The maximum absolute atomic E-state index is 11.6. The highest BCUT2D eigenvalue weighted by molar-refractivity contribution is 7.89. The monoisotopic (exact) mass is 287 g/mol. The lowest BCUT2D eigenvalue weighted by atomic mass is 10.2. The van der Waals surface area contributed by atoms with Gasteiger partial charge < -0.3 is 15.4 Å². The number of methoxy groups -OCH3 is 1. The Hall–Kier alpha value is -1.31. The molecular weight excluding hydrogens is 266 g/mol. The van der Waals surface area contributed by atoms with Gasteiger partial charge in [-0.1, -0.05) is 0 Å². The van der Waals surface area contributed by atoms with E-state index in [0.717, 1.165) is 18.7 Å². The average Bonchev–Trinajstić information content (AvgIpc) is 2.38. The Bertz CT molecular complexity index is 517. The summed E-state index contributed by atoms with van der Waals surface area (Å²) in [7, 11) is 1.49. The molecule has 0 bridgehead atoms. The van der Waals surface area contributed by atoms with E-state index >= 15 is 0 Å². The van der Waals surface area contributed by atoms with Gasteiger partial charge in [0.15, 0.2) is 0 Å². The van der Waals surface area contributed by atoms with Crippen LogP contribution >= 0.6 is 0 Å². The van der Waals surface area contributed by atoms with Crippen LogP contribution in [0.1, 0.15) is 6.42 Å². The summed E-state index contributed by atoms with van der Waals surface area (Å²) in [5.74, 6) is 0. The number of rotatable bonds is 7. The van der Waals surface area contributed by atoms with Gasteiger partial charge in [-0.3, -0.25) is 0 Å². The smallest absolute Gasteiger partial charge is 0.240 e. The summed E-state index contributed by atoms with van der Waals surface area (Å²) in [6.45, 7) is 1.46. The van der Waals surface area contributed by atoms with Gasteiger partial charge in [-0.05, 0) is 31.7 Å². The molecule has 0 amide bonds. The van der Waals surface area contributed by atoms with Gasteiger partial charge in [-0.15, -0.1) is 0 Å². The van der Waals surface area contributed by atoms with Crippen molar-refractivity contribution in [1.82, 2.24) is 4.72 Å². The molecule has 19 heavy (non-hydrogen) atoms. The van der Waals surface area contributed by atoms with Gasteiger partial charge >= 0.3 is 0 Å². The van der Waals surface area contributed by atoms with E-state index < -0.39 is 10.0 Å². The molecule has 0 heterocycles. The summed E-state index contributed by atoms with van der Waals surface area (Å²) < 4.78 is 30.5. The van der Waals surface area contributed by atoms with Gasteiger partial charge in [0, 0.05) is 27.3 Å². The molecular formula is C12H21N3O3S. The Morgan fingerprint density at radius 1 is 1.42 bits per heavy atom. The first-order valence-corrected chi connectivity index (χ1v) is 7.44. The number of sulfonamides is 1. The van der Waals surface area contributed by atoms with Gasteiger partial charge in [-0.25, -0.2) is 13.1 Å². The zero-order chi connectivity index (χ0) is 14.5. The predicted octanol–water partition coefficient (Wildman–Crippen LogP) is 0.650. The van der Waals surface area contributed by atoms with Crippen molar-refractivity contribution in [2.45, 2.75) is 11.3 Å². The molecule has 0 saturated heterocycles. The quantitative estimate of drug-likeness (QED) is 0.568. The van der Waals surface area contributed by atoms with E-state index in [1.165, 1.54) is 13.1 Å². The van der Waals surface area contributed by atoms with Crippen molar-refractivity contribution < 1.29 is 13.2 Å². The lowest BCUT2D eigenvalue weighted by Gasteiger charge is -2.21. The van der Waals surface area contributed by atoms with Crippen molar-refractivity contribution in [3.63, 3.8) is 0 Å². The molecule has 0 spiro atoms. The summed E-state index contributed by atoms with van der Waals surface area (Å²) >= 11 is 0. The number of hydrogen-bond donors (Lipinski definition) is 2. The second-order valence-electron chi connectivity index (χ2n) is 4.20. The highest BCUT2D eigenvalue weighted by Gasteiger charge is 2.14. The van der Waals surface area contributed by atoms with E-state index in [4.69, 9.17) is 10.5 Å². The first-order valence-electron chi connectivity index (χ1n) is 5.95. The van der Waals surface area contributed by atoms with Crippen LogP contribution in [0.2, 0.25) is 0 Å². The van der Waals surface area contributed by atoms with Crippen LogP contribution in [0.4, 0.5) is 11.4 Å². The number of benzene rings is 1. The van der Waals surface area contributed by atoms with E-state index in [9.17, 15) is 8.42 Å². The number of nitrogens with one attached hydrogen (secondary N) is 1. The van der Waals surface area contributed by atoms with E-state index in [0.29, 0.717) is 12.3 Å². The van der Waals surface area contributed by atoms with Crippen LogP contribution in [0.15, 0.2) is 23.1 Å². The Labute approximate surface area is 114 Å². The molecule has 7 heteroatoms. The molecule has 0 aliphatic rings. The summed E-state index contributed by atoms with van der Waals surface area (Å²) in [5, 5.41) is 0. The third-order valence-electron chi connectivity index (χ3n) is 2.83. The Kier molecular flexibility index (Phi) is 5.59. The fourth-order valence-corrected chi connectivity index (χ4v) is 2.50. The number of anilines is 2. The normalized spacial score (nSPS) is 11.5. The van der Waals surface area contributed by atoms with Crippen molar-refractivity contribution in [2.24, 2.45) is 0 Å². The lowest BCUT2D eigenvalue weighted by Crippen LogP contribution is -2.22. The van der Waals surface area contributed by atoms with Crippen LogP contribution in [0.3, 0.4) is 0 Å². The van der Waals surface area contributed by atoms with Crippen LogP contribution in [0.5, 0.6) is 0 Å². The van der Waals surface area contributed by atoms with Crippen LogP contribution in [0, 0.1) is 0 Å². The van der Waals surface area contributed by atoms with Gasteiger partial charge in [0.2, 0.25) is 10.0 Å². The third-order valence-corrected chi connectivity index (χ3v) is 4.24. The zero-order valence-electron chi connectivity index (χ0n) is 11.5. The van der Waals surface area contributed by atoms with Crippen LogP contribution in [-0.4, -0.2) is 42.8 Å². The van der Waals surface area contributed by atoms with Gasteiger partial charge in [0.1, 0.15) is 0 Å². The molecule has 6 nitrogen and oxygen atoms in total. The molecule has 0 aliphatic carbocycles. The summed E-state index contributed by atoms with van der Waals surface area (Å²) in [6, 6.07) is 4.73. The predicted molar refractivity (Wildman–Crippen MR) is 76.9 cm³/mol. The van der Waals surface area contributed by atoms with Gasteiger partial charge in [0.05, 0.1) is 16.3 Å². The molecule has 0 fully saturated rings. The molecule has 0 aliphatic heterocycles. The van der Waals surface area contributed by atoms with Crippen molar-refractivity contribution in [3.8, 4) is 0 Å². The molecule has 0 atom stereocenters. The molecule has 0 saturated carbocycles. The molecule has 0 radical (unpaired) electrons. The minimum absolute atomic E-state index is 0.168. The fraction of sp³-hybridized carbons (Fsp3) is 0.500. The lowest BCUT2D eigenvalue weighted by molar-refractivity contribution is 0.196. The van der Waals surface area contributed by atoms with Crippen molar-refractivity contribution >= 4 is 21.4 Å². The van der Waals surface area contributed by atoms with Gasteiger partial charge in [-0.2, -0.15) is 0 Å². The van der Waals surface area contributed by atoms with E-state index in [-0.39, 0.29) is 4.90 Å². The Morgan fingerprint density at radius 2 is 2.11 bits per heavy atom. The summed E-state index contributed by atoms with van der Waals surface area (Å²) in [6.07, 6.45) is 0.878. The zero-order valence-corrected chi connectivity index (χ0v) is 12.3. The molecule has 0 unspecified atom stereocenters. The highest BCUT2D eigenvalue weighted by Crippen LogP contribution is 2.25. The number of nitrogens with zero attached hydrogens (tertiary/aromatic N) is 1. The first-order chi connectivity index (χ1) is 8.92. The number of hydrogen-bond acceptors (Lipinski definition) is 5. The SMILES string of the molecule is CNS(=O)(=O)c1ccc(N(C)CCCOC)c(N)c1. The van der Waals surface area contributed by atoms with Crippen LogP contribution in [0.25, 0.3) is 0 Å². The minimum Gasteiger partial charge on any atom is -0.397 e. The van der Waals surface area contributed by atoms with E-state index in [1.807, 2.05) is 11.9 Å². The standard InChI is InChI=1S/C12H21N3O3S/c1-14-19(16,17)10-5-6-12(11(13)9-10)15(2)7-4-8-18-3/h5-6,9,14H,4,7-8,13H2,1-3H3. The number of ether oxygens (including phenoxy) is 1. The second-order valence-corrected chi connectivity index (χ2v) is 6.08. The van der Waals surface area contributed by atoms with E-state index in [2.05, 4.69) is 4.72 Å². The minimum atomic E-state index is -3.45. The second kappa shape index (κ2) is 6.74. The first kappa shape index (κ1) is 15.7. The molecule has 0 aromatic heterocycles. The van der Waals surface area contributed by atoms with E-state index in [1.54, 1.807) is 19.2 Å². The van der Waals surface area contributed by atoms with Gasteiger partial charge in [0.25, 0.3) is 0 Å². The van der Waals surface area contributed by atoms with Crippen molar-refractivity contribution in [2.75, 3.05) is 45.0 Å². The number of nitrogens with two attached hydrogens (primary N) is 1. The van der Waals surface area contributed by atoms with Crippen LogP contribution < -0.4 is 15.4 Å². The third kappa shape index (κ3) is 4.09. The topological polar surface area (TPSA) is 84.7 Å².